The van der Waals surface area contributed by atoms with E-state index in [1.807, 2.05) is 0 Å². The van der Waals surface area contributed by atoms with Crippen molar-refractivity contribution in [1.82, 2.24) is 15.3 Å². The standard InChI is InChI=1S/C25H18ClF4N3O2/c1-35-22-9-8-21(33-23(22)15-4-6-19(27)18(26)12-15)17(25(28,29)30)13-32-24(34)16-5-7-20-14(11-16)3-2-10-31-20/h2-12,17H,13H2,1H3,(H,32,34). The van der Waals surface area contributed by atoms with Crippen molar-refractivity contribution in [3.8, 4) is 17.0 Å². The highest BCUT2D eigenvalue weighted by molar-refractivity contribution is 6.31. The Balaban J connectivity index is 1.63. The number of aromatic nitrogens is 2. The summed E-state index contributed by atoms with van der Waals surface area (Å²) in [5, 5.41) is 2.83. The highest BCUT2D eigenvalue weighted by Crippen LogP contribution is 2.37. The van der Waals surface area contributed by atoms with E-state index in [2.05, 4.69) is 15.3 Å². The number of benzene rings is 2. The zero-order chi connectivity index (χ0) is 25.2. The molecule has 5 nitrogen and oxygen atoms in total. The molecule has 4 rings (SSSR count). The highest BCUT2D eigenvalue weighted by Gasteiger charge is 2.42. The molecule has 0 aliphatic carbocycles. The Hall–Kier alpha value is -3.72. The van der Waals surface area contributed by atoms with Gasteiger partial charge in [0.1, 0.15) is 23.2 Å². The molecule has 0 saturated carbocycles. The van der Waals surface area contributed by atoms with Crippen LogP contribution in [0.15, 0.2) is 66.9 Å². The van der Waals surface area contributed by atoms with E-state index < -0.39 is 30.4 Å². The first kappa shape index (κ1) is 24.4. The molecule has 0 aliphatic heterocycles. The molecule has 1 N–H and O–H groups in total. The number of hydrogen-bond acceptors (Lipinski definition) is 4. The van der Waals surface area contributed by atoms with Gasteiger partial charge in [-0.15, -0.1) is 0 Å². The van der Waals surface area contributed by atoms with Crippen LogP contribution in [0, 0.1) is 5.82 Å². The number of nitrogens with zero attached hydrogens (tertiary/aromatic N) is 2. The minimum Gasteiger partial charge on any atom is -0.494 e. The Morgan fingerprint density at radius 3 is 2.63 bits per heavy atom. The van der Waals surface area contributed by atoms with Crippen molar-refractivity contribution in [1.29, 1.82) is 0 Å². The van der Waals surface area contributed by atoms with Crippen LogP contribution in [-0.4, -0.2) is 35.7 Å². The van der Waals surface area contributed by atoms with Gasteiger partial charge in [-0.1, -0.05) is 17.7 Å². The fraction of sp³-hybridized carbons (Fsp3) is 0.160. The van der Waals surface area contributed by atoms with Crippen LogP contribution in [-0.2, 0) is 0 Å². The number of hydrogen-bond donors (Lipinski definition) is 1. The molecule has 2 heterocycles. The Labute approximate surface area is 202 Å². The number of methoxy groups -OCH3 is 1. The first-order chi connectivity index (χ1) is 16.7. The van der Waals surface area contributed by atoms with E-state index in [1.165, 1.54) is 37.4 Å². The predicted octanol–water partition coefficient (Wildman–Crippen LogP) is 6.17. The second-order valence-electron chi connectivity index (χ2n) is 7.63. The van der Waals surface area contributed by atoms with Crippen molar-refractivity contribution in [2.24, 2.45) is 0 Å². The van der Waals surface area contributed by atoms with Crippen molar-refractivity contribution < 1.29 is 27.1 Å². The fourth-order valence-electron chi connectivity index (χ4n) is 3.57. The Bertz CT molecular complexity index is 1400. The van der Waals surface area contributed by atoms with E-state index in [0.717, 1.165) is 6.07 Å². The topological polar surface area (TPSA) is 64.1 Å². The average Bonchev–Trinajstić information content (AvgIpc) is 2.84. The van der Waals surface area contributed by atoms with Crippen molar-refractivity contribution in [3.05, 3.63) is 89.0 Å². The zero-order valence-corrected chi connectivity index (χ0v) is 19.0. The second-order valence-corrected chi connectivity index (χ2v) is 8.04. The Morgan fingerprint density at radius 2 is 1.91 bits per heavy atom. The average molecular weight is 504 g/mol. The second kappa shape index (κ2) is 9.87. The number of ether oxygens (including phenoxy) is 1. The lowest BCUT2D eigenvalue weighted by atomic mass is 10.0. The minimum atomic E-state index is -4.71. The zero-order valence-electron chi connectivity index (χ0n) is 18.2. The van der Waals surface area contributed by atoms with Gasteiger partial charge in [0.25, 0.3) is 5.91 Å². The Kier molecular flexibility index (Phi) is 6.88. The van der Waals surface area contributed by atoms with Gasteiger partial charge in [0.15, 0.2) is 0 Å². The number of fused-ring (bicyclic) bond motifs is 1. The summed E-state index contributed by atoms with van der Waals surface area (Å²) in [6, 6.07) is 14.3. The molecule has 0 fully saturated rings. The van der Waals surface area contributed by atoms with Crippen LogP contribution in [0.4, 0.5) is 17.6 Å². The van der Waals surface area contributed by atoms with Crippen LogP contribution in [0.2, 0.25) is 5.02 Å². The predicted molar refractivity (Wildman–Crippen MR) is 124 cm³/mol. The van der Waals surface area contributed by atoms with Gasteiger partial charge in [-0.05, 0) is 54.6 Å². The van der Waals surface area contributed by atoms with Crippen LogP contribution in [0.3, 0.4) is 0 Å². The first-order valence-corrected chi connectivity index (χ1v) is 10.7. The van der Waals surface area contributed by atoms with E-state index in [1.54, 1.807) is 30.5 Å². The molecule has 0 bridgehead atoms. The molecule has 0 radical (unpaired) electrons. The SMILES string of the molecule is COc1ccc(C(CNC(=O)c2ccc3ncccc3c2)C(F)(F)F)nc1-c1ccc(F)c(Cl)c1. The third-order valence-corrected chi connectivity index (χ3v) is 5.67. The number of alkyl halides is 3. The summed E-state index contributed by atoms with van der Waals surface area (Å²) in [6.07, 6.45) is -3.11. The molecular formula is C25H18ClF4N3O2. The largest absolute Gasteiger partial charge is 0.494 e. The summed E-state index contributed by atoms with van der Waals surface area (Å²) >= 11 is 5.84. The molecule has 2 aromatic heterocycles. The van der Waals surface area contributed by atoms with Gasteiger partial charge in [-0.25, -0.2) is 9.37 Å². The van der Waals surface area contributed by atoms with Crippen molar-refractivity contribution >= 4 is 28.4 Å². The summed E-state index contributed by atoms with van der Waals surface area (Å²) in [5.41, 5.74) is 0.875. The van der Waals surface area contributed by atoms with Crippen molar-refractivity contribution in [3.63, 3.8) is 0 Å². The van der Waals surface area contributed by atoms with Crippen molar-refractivity contribution in [2.75, 3.05) is 13.7 Å². The smallest absolute Gasteiger partial charge is 0.398 e. The lowest BCUT2D eigenvalue weighted by Gasteiger charge is -2.22. The normalized spacial score (nSPS) is 12.4. The van der Waals surface area contributed by atoms with Gasteiger partial charge < -0.3 is 10.1 Å². The van der Waals surface area contributed by atoms with Gasteiger partial charge in [-0.2, -0.15) is 13.2 Å². The maximum atomic E-state index is 14.0. The van der Waals surface area contributed by atoms with E-state index in [-0.39, 0.29) is 33.3 Å². The monoisotopic (exact) mass is 503 g/mol. The number of halogens is 5. The quantitative estimate of drug-likeness (QED) is 0.319. The molecule has 10 heteroatoms. The molecule has 180 valence electrons. The van der Waals surface area contributed by atoms with Crippen LogP contribution < -0.4 is 10.1 Å². The van der Waals surface area contributed by atoms with Gasteiger partial charge in [-0.3, -0.25) is 9.78 Å². The minimum absolute atomic E-state index is 0.0644. The van der Waals surface area contributed by atoms with Crippen LogP contribution >= 0.6 is 11.6 Å². The molecule has 2 aromatic carbocycles. The van der Waals surface area contributed by atoms with Gasteiger partial charge in [0.05, 0.1) is 23.3 Å². The lowest BCUT2D eigenvalue weighted by molar-refractivity contribution is -0.149. The number of nitrogens with one attached hydrogen (secondary N) is 1. The van der Waals surface area contributed by atoms with Crippen molar-refractivity contribution in [2.45, 2.75) is 12.1 Å². The molecule has 0 aliphatic rings. The third-order valence-electron chi connectivity index (χ3n) is 5.38. The van der Waals surface area contributed by atoms with E-state index in [9.17, 15) is 22.4 Å². The third kappa shape index (κ3) is 5.35. The van der Waals surface area contributed by atoms with Crippen LogP contribution in [0.25, 0.3) is 22.2 Å². The summed E-state index contributed by atoms with van der Waals surface area (Å²) < 4.78 is 60.8. The molecule has 4 aromatic rings. The number of carbonyl (C=O) groups is 1. The maximum absolute atomic E-state index is 14.0. The van der Waals surface area contributed by atoms with Gasteiger partial charge in [0, 0.05) is 29.3 Å². The summed E-state index contributed by atoms with van der Waals surface area (Å²) in [6.45, 7) is -0.740. The number of amides is 1. The van der Waals surface area contributed by atoms with E-state index in [0.29, 0.717) is 10.9 Å². The molecule has 1 atom stereocenters. The van der Waals surface area contributed by atoms with E-state index in [4.69, 9.17) is 16.3 Å². The van der Waals surface area contributed by atoms with Crippen LogP contribution in [0.5, 0.6) is 5.75 Å². The maximum Gasteiger partial charge on any atom is 0.398 e. The number of pyridine rings is 2. The summed E-state index contributed by atoms with van der Waals surface area (Å²) in [7, 11) is 1.34. The van der Waals surface area contributed by atoms with Crippen LogP contribution in [0.1, 0.15) is 22.0 Å². The van der Waals surface area contributed by atoms with E-state index >= 15 is 0 Å². The molecule has 0 saturated heterocycles. The molecular weight excluding hydrogens is 486 g/mol. The lowest BCUT2D eigenvalue weighted by Crippen LogP contribution is -2.35. The molecule has 35 heavy (non-hydrogen) atoms. The molecule has 1 amide bonds. The Morgan fingerprint density at radius 1 is 1.11 bits per heavy atom. The number of carbonyl (C=O) groups excluding carboxylic acids is 1. The van der Waals surface area contributed by atoms with Gasteiger partial charge >= 0.3 is 6.18 Å². The van der Waals surface area contributed by atoms with Gasteiger partial charge in [0.2, 0.25) is 0 Å². The molecule has 1 unspecified atom stereocenters. The number of rotatable bonds is 6. The fourth-order valence-corrected chi connectivity index (χ4v) is 3.75. The summed E-state index contributed by atoms with van der Waals surface area (Å²) in [4.78, 5) is 20.9. The summed E-state index contributed by atoms with van der Waals surface area (Å²) in [5.74, 6) is -3.25. The first-order valence-electron chi connectivity index (χ1n) is 10.4. The highest BCUT2D eigenvalue weighted by atomic mass is 35.5. The molecule has 0 spiro atoms.